The van der Waals surface area contributed by atoms with Gasteiger partial charge < -0.3 is 9.26 Å². The summed E-state index contributed by atoms with van der Waals surface area (Å²) >= 11 is 5.55. The van der Waals surface area contributed by atoms with Gasteiger partial charge in [0.15, 0.2) is 0 Å². The lowest BCUT2D eigenvalue weighted by atomic mass is 9.87. The van der Waals surface area contributed by atoms with Crippen molar-refractivity contribution >= 4 is 24.1 Å². The lowest BCUT2D eigenvalue weighted by molar-refractivity contribution is 0.0605. The SMILES string of the molecule is CCOC(=O)O/N=C1/c2ccccc2CCC1n1oc(=O)n(-c2ccccc2)c1=S. The second-order valence-electron chi connectivity index (χ2n) is 6.60. The van der Waals surface area contributed by atoms with Crippen LogP contribution in [0.5, 0.6) is 0 Å². The number of fused-ring (bicyclic) bond motifs is 1. The summed E-state index contributed by atoms with van der Waals surface area (Å²) < 4.78 is 13.2. The Bertz CT molecular complexity index is 1210. The Morgan fingerprint density at radius 1 is 1.20 bits per heavy atom. The fourth-order valence-corrected chi connectivity index (χ4v) is 3.84. The number of nitrogens with zero attached hydrogens (tertiary/aromatic N) is 3. The van der Waals surface area contributed by atoms with Crippen LogP contribution in [0, 0.1) is 4.77 Å². The molecule has 0 N–H and O–H groups in total. The average molecular weight is 425 g/mol. The van der Waals surface area contributed by atoms with Crippen LogP contribution in [-0.2, 0) is 16.0 Å². The van der Waals surface area contributed by atoms with E-state index in [-0.39, 0.29) is 11.4 Å². The Hall–Kier alpha value is -3.46. The van der Waals surface area contributed by atoms with Gasteiger partial charge in [-0.1, -0.05) is 47.6 Å². The topological polar surface area (TPSA) is 88.0 Å². The minimum absolute atomic E-state index is 0.170. The highest BCUT2D eigenvalue weighted by atomic mass is 32.1. The lowest BCUT2D eigenvalue weighted by Gasteiger charge is -2.25. The number of ether oxygens (including phenoxy) is 1. The van der Waals surface area contributed by atoms with Gasteiger partial charge in [0.1, 0.15) is 11.8 Å². The van der Waals surface area contributed by atoms with E-state index in [0.29, 0.717) is 17.8 Å². The Morgan fingerprint density at radius 3 is 2.70 bits per heavy atom. The standard InChI is InChI=1S/C21H19N3O5S/c1-2-27-21(26)28-22-18-16-11-7-6-8-14(16)12-13-17(18)24-19(30)23(20(25)29-24)15-9-4-3-5-10-15/h3-11,17H,2,12-13H2,1H3/b22-18-. The summed E-state index contributed by atoms with van der Waals surface area (Å²) in [6.45, 7) is 1.84. The molecular weight excluding hydrogens is 406 g/mol. The highest BCUT2D eigenvalue weighted by Gasteiger charge is 2.31. The molecule has 2 aromatic carbocycles. The number of hydrogen-bond acceptors (Lipinski definition) is 7. The van der Waals surface area contributed by atoms with Gasteiger partial charge in [0, 0.05) is 5.56 Å². The van der Waals surface area contributed by atoms with Crippen LogP contribution in [-0.4, -0.2) is 27.8 Å². The molecule has 1 aliphatic carbocycles. The van der Waals surface area contributed by atoms with Crippen molar-refractivity contribution in [3.8, 4) is 5.69 Å². The first-order valence-corrected chi connectivity index (χ1v) is 9.91. The Labute approximate surface area is 176 Å². The van der Waals surface area contributed by atoms with E-state index in [1.165, 1.54) is 9.31 Å². The molecule has 0 spiro atoms. The van der Waals surface area contributed by atoms with Crippen molar-refractivity contribution in [2.45, 2.75) is 25.8 Å². The monoisotopic (exact) mass is 425 g/mol. The number of hydrogen-bond donors (Lipinski definition) is 0. The molecule has 1 heterocycles. The maximum absolute atomic E-state index is 12.6. The van der Waals surface area contributed by atoms with E-state index < -0.39 is 18.0 Å². The summed E-state index contributed by atoms with van der Waals surface area (Å²) in [5.74, 6) is -0.601. The fourth-order valence-electron chi connectivity index (χ4n) is 3.50. The molecular formula is C21H19N3O5S. The van der Waals surface area contributed by atoms with E-state index in [1.54, 1.807) is 19.1 Å². The number of carbonyl (C=O) groups is 1. The van der Waals surface area contributed by atoms with E-state index in [2.05, 4.69) is 5.16 Å². The molecule has 0 amide bonds. The molecule has 0 aliphatic heterocycles. The Kier molecular flexibility index (Phi) is 5.62. The van der Waals surface area contributed by atoms with Gasteiger partial charge in [-0.25, -0.2) is 14.2 Å². The first-order valence-electron chi connectivity index (χ1n) is 9.50. The molecule has 0 radical (unpaired) electrons. The van der Waals surface area contributed by atoms with Crippen molar-refractivity contribution in [3.05, 3.63) is 81.0 Å². The molecule has 0 fully saturated rings. The summed E-state index contributed by atoms with van der Waals surface area (Å²) in [6, 6.07) is 16.2. The number of benzene rings is 2. The van der Waals surface area contributed by atoms with E-state index in [9.17, 15) is 9.59 Å². The van der Waals surface area contributed by atoms with E-state index in [4.69, 9.17) is 26.3 Å². The summed E-state index contributed by atoms with van der Waals surface area (Å²) in [7, 11) is 0. The van der Waals surface area contributed by atoms with Crippen molar-refractivity contribution < 1.29 is 18.9 Å². The van der Waals surface area contributed by atoms with Crippen molar-refractivity contribution in [1.29, 1.82) is 0 Å². The molecule has 1 aromatic heterocycles. The fraction of sp³-hybridized carbons (Fsp3) is 0.238. The van der Waals surface area contributed by atoms with Crippen LogP contribution >= 0.6 is 12.2 Å². The van der Waals surface area contributed by atoms with Gasteiger partial charge in [-0.3, -0.25) is 4.84 Å². The van der Waals surface area contributed by atoms with Crippen LogP contribution in [0.1, 0.15) is 30.5 Å². The molecule has 154 valence electrons. The summed E-state index contributed by atoms with van der Waals surface area (Å²) in [5.41, 5.74) is 2.90. The molecule has 1 atom stereocenters. The van der Waals surface area contributed by atoms with Crippen molar-refractivity contribution in [2.24, 2.45) is 5.16 Å². The van der Waals surface area contributed by atoms with E-state index in [0.717, 1.165) is 17.5 Å². The molecule has 3 aromatic rings. The summed E-state index contributed by atoms with van der Waals surface area (Å²) in [5, 5.41) is 4.06. The molecule has 0 bridgehead atoms. The average Bonchev–Trinajstić information content (AvgIpc) is 3.06. The summed E-state index contributed by atoms with van der Waals surface area (Å²) in [6.07, 6.45) is 0.387. The van der Waals surface area contributed by atoms with E-state index in [1.807, 2.05) is 42.5 Å². The van der Waals surface area contributed by atoms with Crippen LogP contribution in [0.15, 0.2) is 69.1 Å². The number of aryl methyl sites for hydroxylation is 1. The molecule has 4 rings (SSSR count). The number of aromatic nitrogens is 2. The molecule has 0 saturated carbocycles. The summed E-state index contributed by atoms with van der Waals surface area (Å²) in [4.78, 5) is 29.2. The lowest BCUT2D eigenvalue weighted by Crippen LogP contribution is -2.27. The van der Waals surface area contributed by atoms with Crippen LogP contribution in [0.3, 0.4) is 0 Å². The Balaban J connectivity index is 1.80. The minimum Gasteiger partial charge on any atom is -0.433 e. The van der Waals surface area contributed by atoms with Gasteiger partial charge in [0.25, 0.3) is 0 Å². The quantitative estimate of drug-likeness (QED) is 0.271. The number of oxime groups is 1. The normalized spacial score (nSPS) is 16.8. The number of para-hydroxylation sites is 1. The third-order valence-electron chi connectivity index (χ3n) is 4.81. The van der Waals surface area contributed by atoms with E-state index >= 15 is 0 Å². The molecule has 9 heteroatoms. The number of carbonyl (C=O) groups excluding carboxylic acids is 1. The van der Waals surface area contributed by atoms with Crippen LogP contribution in [0.4, 0.5) is 4.79 Å². The highest BCUT2D eigenvalue weighted by Crippen LogP contribution is 2.30. The minimum atomic E-state index is -0.904. The van der Waals surface area contributed by atoms with Gasteiger partial charge in [-0.05, 0) is 49.7 Å². The molecule has 1 unspecified atom stereocenters. The third kappa shape index (κ3) is 3.71. The largest absolute Gasteiger partial charge is 0.535 e. The molecule has 8 nitrogen and oxygen atoms in total. The first-order chi connectivity index (χ1) is 14.6. The van der Waals surface area contributed by atoms with Crippen LogP contribution in [0.25, 0.3) is 5.69 Å². The van der Waals surface area contributed by atoms with Crippen molar-refractivity contribution in [1.82, 2.24) is 9.31 Å². The third-order valence-corrected chi connectivity index (χ3v) is 5.18. The van der Waals surface area contributed by atoms with Gasteiger partial charge in [0.05, 0.1) is 12.3 Å². The van der Waals surface area contributed by atoms with Gasteiger partial charge in [-0.2, -0.15) is 4.74 Å². The predicted molar refractivity (Wildman–Crippen MR) is 112 cm³/mol. The predicted octanol–water partition coefficient (Wildman–Crippen LogP) is 4.03. The smallest absolute Gasteiger partial charge is 0.433 e. The van der Waals surface area contributed by atoms with Crippen LogP contribution < -0.4 is 5.76 Å². The van der Waals surface area contributed by atoms with Gasteiger partial charge in [-0.15, -0.1) is 0 Å². The zero-order chi connectivity index (χ0) is 21.1. The van der Waals surface area contributed by atoms with Crippen LogP contribution in [0.2, 0.25) is 0 Å². The Morgan fingerprint density at radius 2 is 1.93 bits per heavy atom. The van der Waals surface area contributed by atoms with Crippen molar-refractivity contribution in [3.63, 3.8) is 0 Å². The maximum Gasteiger partial charge on any atom is 0.535 e. The molecule has 30 heavy (non-hydrogen) atoms. The first kappa shape index (κ1) is 19.8. The van der Waals surface area contributed by atoms with Gasteiger partial charge >= 0.3 is 11.9 Å². The number of rotatable bonds is 4. The molecule has 0 saturated heterocycles. The molecule has 1 aliphatic rings. The second kappa shape index (κ2) is 8.50. The van der Waals surface area contributed by atoms with Crippen molar-refractivity contribution in [2.75, 3.05) is 6.61 Å². The maximum atomic E-state index is 12.6. The second-order valence-corrected chi connectivity index (χ2v) is 6.96. The zero-order valence-electron chi connectivity index (χ0n) is 16.2. The van der Waals surface area contributed by atoms with Gasteiger partial charge in [0.2, 0.25) is 4.77 Å². The highest BCUT2D eigenvalue weighted by molar-refractivity contribution is 7.71. The zero-order valence-corrected chi connectivity index (χ0v) is 17.0.